The van der Waals surface area contributed by atoms with Gasteiger partial charge in [-0.1, -0.05) is 29.8 Å². The predicted octanol–water partition coefficient (Wildman–Crippen LogP) is 5.97. The minimum Gasteiger partial charge on any atom is -0.366 e. The summed E-state index contributed by atoms with van der Waals surface area (Å²) >= 11 is 6.14. The zero-order valence-electron chi connectivity index (χ0n) is 20.9. The number of primary amides is 1. The van der Waals surface area contributed by atoms with Gasteiger partial charge in [0.15, 0.2) is 0 Å². The van der Waals surface area contributed by atoms with Crippen LogP contribution in [0.3, 0.4) is 0 Å². The van der Waals surface area contributed by atoms with Crippen molar-refractivity contribution in [3.63, 3.8) is 0 Å². The maximum absolute atomic E-state index is 14.2. The summed E-state index contributed by atoms with van der Waals surface area (Å²) in [6.07, 6.45) is 3.25. The van der Waals surface area contributed by atoms with Crippen LogP contribution in [0, 0.1) is 17.5 Å². The number of pyridine rings is 1. The first-order chi connectivity index (χ1) is 19.2. The molecule has 0 saturated carbocycles. The van der Waals surface area contributed by atoms with Crippen LogP contribution in [0.25, 0.3) is 22.0 Å². The van der Waals surface area contributed by atoms with Gasteiger partial charge in [0.05, 0.1) is 17.3 Å². The Balaban J connectivity index is 1.53. The van der Waals surface area contributed by atoms with E-state index in [9.17, 15) is 22.8 Å². The van der Waals surface area contributed by atoms with E-state index in [1.807, 2.05) is 12.1 Å². The second kappa shape index (κ2) is 11.2. The molecule has 202 valence electrons. The van der Waals surface area contributed by atoms with Crippen LogP contribution in [0.15, 0.2) is 85.2 Å². The molecule has 0 saturated heterocycles. The highest BCUT2D eigenvalue weighted by Crippen LogP contribution is 2.30. The minimum atomic E-state index is -0.941. The molecule has 0 radical (unpaired) electrons. The summed E-state index contributed by atoms with van der Waals surface area (Å²) in [5.41, 5.74) is 7.33. The van der Waals surface area contributed by atoms with E-state index in [2.05, 4.69) is 10.3 Å². The average Bonchev–Trinajstić information content (AvgIpc) is 3.29. The fraction of sp³-hybridized carbons (Fsp3) is 0.100. The van der Waals surface area contributed by atoms with Crippen molar-refractivity contribution in [2.75, 3.05) is 0 Å². The minimum absolute atomic E-state index is 0.00738. The number of amides is 2. The summed E-state index contributed by atoms with van der Waals surface area (Å²) in [4.78, 5) is 29.6. The quantitative estimate of drug-likeness (QED) is 0.244. The van der Waals surface area contributed by atoms with E-state index in [4.69, 9.17) is 17.3 Å². The molecule has 10 heteroatoms. The van der Waals surface area contributed by atoms with E-state index in [1.54, 1.807) is 35.0 Å². The molecule has 5 rings (SSSR count). The summed E-state index contributed by atoms with van der Waals surface area (Å²) in [5.74, 6) is -3.64. The first-order valence-electron chi connectivity index (χ1n) is 12.2. The maximum Gasteiger partial charge on any atom is 0.251 e. The van der Waals surface area contributed by atoms with Crippen molar-refractivity contribution in [1.82, 2.24) is 14.9 Å². The molecule has 0 bridgehead atoms. The molecule has 0 aliphatic rings. The fourth-order valence-electron chi connectivity index (χ4n) is 4.69. The van der Waals surface area contributed by atoms with Crippen molar-refractivity contribution < 1.29 is 22.8 Å². The van der Waals surface area contributed by atoms with Gasteiger partial charge in [0.25, 0.3) is 5.91 Å². The van der Waals surface area contributed by atoms with Crippen molar-refractivity contribution >= 4 is 34.3 Å². The molecule has 5 aromatic rings. The van der Waals surface area contributed by atoms with Crippen LogP contribution in [0.2, 0.25) is 5.02 Å². The Kier molecular flexibility index (Phi) is 7.57. The lowest BCUT2D eigenvalue weighted by Crippen LogP contribution is -2.33. The Labute approximate surface area is 232 Å². The molecule has 2 aromatic heterocycles. The normalized spacial score (nSPS) is 11.9. The van der Waals surface area contributed by atoms with E-state index >= 15 is 0 Å². The third-order valence-corrected chi connectivity index (χ3v) is 6.69. The zero-order valence-corrected chi connectivity index (χ0v) is 21.6. The van der Waals surface area contributed by atoms with Crippen LogP contribution < -0.4 is 11.1 Å². The Morgan fingerprint density at radius 3 is 2.50 bits per heavy atom. The number of hydrogen-bond acceptors (Lipinski definition) is 3. The molecule has 3 N–H and O–H groups in total. The number of aromatic nitrogens is 2. The number of carbonyl (C=O) groups is 2. The molecule has 0 spiro atoms. The smallest absolute Gasteiger partial charge is 0.251 e. The maximum atomic E-state index is 14.2. The molecule has 1 unspecified atom stereocenters. The van der Waals surface area contributed by atoms with Crippen molar-refractivity contribution in [1.29, 1.82) is 0 Å². The summed E-state index contributed by atoms with van der Waals surface area (Å²) in [5, 5.41) is 4.35. The molecule has 2 heterocycles. The highest BCUT2D eigenvalue weighted by atomic mass is 35.5. The predicted molar refractivity (Wildman–Crippen MR) is 146 cm³/mol. The number of carbonyl (C=O) groups excluding carboxylic acids is 2. The van der Waals surface area contributed by atoms with Crippen LogP contribution in [0.4, 0.5) is 13.2 Å². The molecule has 0 aliphatic heterocycles. The summed E-state index contributed by atoms with van der Waals surface area (Å²) in [6.45, 7) is -0.0671. The number of fused-ring (bicyclic) bond motifs is 1. The molecule has 0 aliphatic carbocycles. The number of halogens is 4. The van der Waals surface area contributed by atoms with Crippen LogP contribution in [0.5, 0.6) is 0 Å². The van der Waals surface area contributed by atoms with E-state index < -0.39 is 35.3 Å². The molecule has 2 amide bonds. The summed E-state index contributed by atoms with van der Waals surface area (Å²) in [7, 11) is 0. The summed E-state index contributed by atoms with van der Waals surface area (Å²) < 4.78 is 44.0. The van der Waals surface area contributed by atoms with Crippen LogP contribution >= 0.6 is 11.6 Å². The molecule has 0 fully saturated rings. The average molecular weight is 563 g/mol. The first-order valence-corrected chi connectivity index (χ1v) is 12.6. The van der Waals surface area contributed by atoms with Crippen molar-refractivity contribution in [2.45, 2.75) is 19.0 Å². The Bertz CT molecular complexity index is 1730. The third-order valence-electron chi connectivity index (χ3n) is 6.46. The molecule has 3 aromatic carbocycles. The highest BCUT2D eigenvalue weighted by Gasteiger charge is 2.23. The van der Waals surface area contributed by atoms with Gasteiger partial charge in [0.2, 0.25) is 5.91 Å². The number of nitrogens with one attached hydrogen (secondary N) is 1. The molecular formula is C30H22ClF3N4O2. The number of hydrogen-bond donors (Lipinski definition) is 2. The van der Waals surface area contributed by atoms with Crippen molar-refractivity contribution in [2.24, 2.45) is 5.73 Å². The topological polar surface area (TPSA) is 90.0 Å². The van der Waals surface area contributed by atoms with Gasteiger partial charge in [0.1, 0.15) is 24.0 Å². The lowest BCUT2D eigenvalue weighted by molar-refractivity contribution is -0.122. The molecule has 40 heavy (non-hydrogen) atoms. The van der Waals surface area contributed by atoms with Crippen molar-refractivity contribution in [3.8, 4) is 11.1 Å². The SMILES string of the molecule is NC(=O)c1cc(-c2cccnc2C(Cc2cc(F)cc(F)c2)NC(=O)Cn2ccc3ccc(Cl)cc32)ccc1F. The molecule has 1 atom stereocenters. The van der Waals surface area contributed by atoms with Crippen LogP contribution in [0.1, 0.15) is 27.7 Å². The van der Waals surface area contributed by atoms with Gasteiger partial charge >= 0.3 is 0 Å². The Morgan fingerprint density at radius 2 is 1.75 bits per heavy atom. The standard InChI is InChI=1S/C30H22ClF3N4O2/c31-20-5-3-18-7-9-38(27(18)14-20)16-28(39)37-26(12-17-10-21(32)15-22(33)11-17)29-23(2-1-8-36-29)19-4-6-25(34)24(13-19)30(35)40/h1-11,13-15,26H,12,16H2,(H2,35,40)(H,37,39). The Morgan fingerprint density at radius 1 is 0.975 bits per heavy atom. The number of benzene rings is 3. The highest BCUT2D eigenvalue weighted by molar-refractivity contribution is 6.31. The largest absolute Gasteiger partial charge is 0.366 e. The first kappa shape index (κ1) is 27.0. The van der Waals surface area contributed by atoms with E-state index in [0.29, 0.717) is 21.8 Å². The fourth-order valence-corrected chi connectivity index (χ4v) is 4.86. The molecule has 6 nitrogen and oxygen atoms in total. The molecular weight excluding hydrogens is 541 g/mol. The lowest BCUT2D eigenvalue weighted by Gasteiger charge is -2.22. The van der Waals surface area contributed by atoms with Gasteiger partial charge in [-0.25, -0.2) is 13.2 Å². The number of nitrogens with zero attached hydrogens (tertiary/aromatic N) is 2. The second-order valence-corrected chi connectivity index (χ2v) is 9.68. The van der Waals surface area contributed by atoms with Crippen LogP contribution in [-0.4, -0.2) is 21.4 Å². The van der Waals surface area contributed by atoms with Gasteiger partial charge in [-0.15, -0.1) is 0 Å². The summed E-state index contributed by atoms with van der Waals surface area (Å²) in [6, 6.07) is 16.7. The van der Waals surface area contributed by atoms with Gasteiger partial charge in [0, 0.05) is 34.6 Å². The van der Waals surface area contributed by atoms with Crippen molar-refractivity contribution in [3.05, 3.63) is 124 Å². The van der Waals surface area contributed by atoms with Crippen LogP contribution in [-0.2, 0) is 17.8 Å². The van der Waals surface area contributed by atoms with E-state index in [1.165, 1.54) is 30.5 Å². The Hall–Kier alpha value is -4.63. The van der Waals surface area contributed by atoms with Gasteiger partial charge in [-0.05, 0) is 71.5 Å². The lowest BCUT2D eigenvalue weighted by atomic mass is 9.94. The van der Waals surface area contributed by atoms with Gasteiger partial charge in [-0.3, -0.25) is 14.6 Å². The van der Waals surface area contributed by atoms with E-state index in [0.717, 1.165) is 23.0 Å². The van der Waals surface area contributed by atoms with E-state index in [-0.39, 0.29) is 24.1 Å². The second-order valence-electron chi connectivity index (χ2n) is 9.24. The number of nitrogens with two attached hydrogens (primary N) is 1. The van der Waals surface area contributed by atoms with Gasteiger partial charge in [-0.2, -0.15) is 0 Å². The van der Waals surface area contributed by atoms with Gasteiger partial charge < -0.3 is 15.6 Å². The number of rotatable bonds is 8. The third kappa shape index (κ3) is 5.84. The zero-order chi connectivity index (χ0) is 28.4. The monoisotopic (exact) mass is 562 g/mol.